The first-order chi connectivity index (χ1) is 9.49. The van der Waals surface area contributed by atoms with Crippen LogP contribution in [0.1, 0.15) is 0 Å². The minimum absolute atomic E-state index is 0.0649. The second-order valence-electron chi connectivity index (χ2n) is 4.18. The Balaban J connectivity index is 2.14. The number of halogens is 2. The topological polar surface area (TPSA) is 69.6 Å². The van der Waals surface area contributed by atoms with E-state index in [4.69, 9.17) is 16.7 Å². The number of carboxylic acid groups (broad SMARTS) is 1. The smallest absolute Gasteiger partial charge is 0.327 e. The lowest BCUT2D eigenvalue weighted by Gasteiger charge is -2.32. The Kier molecular flexibility index (Phi) is 4.72. The number of urea groups is 1. The number of rotatable bonds is 2. The fourth-order valence-corrected chi connectivity index (χ4v) is 3.04. The van der Waals surface area contributed by atoms with Crippen molar-refractivity contribution in [2.45, 2.75) is 6.04 Å². The molecule has 1 aromatic carbocycles. The number of hydrogen-bond acceptors (Lipinski definition) is 3. The molecule has 0 spiro atoms. The SMILES string of the molecule is O=C(O)C1CSCCN1C(=O)Nc1cc(Cl)ccc1F. The van der Waals surface area contributed by atoms with Gasteiger partial charge >= 0.3 is 12.0 Å². The molecule has 1 saturated heterocycles. The number of carbonyl (C=O) groups is 2. The third-order valence-electron chi connectivity index (χ3n) is 2.84. The highest BCUT2D eigenvalue weighted by atomic mass is 35.5. The number of thioether (sulfide) groups is 1. The largest absolute Gasteiger partial charge is 0.480 e. The highest BCUT2D eigenvalue weighted by molar-refractivity contribution is 7.99. The van der Waals surface area contributed by atoms with Crippen LogP contribution in [0.3, 0.4) is 0 Å². The normalized spacial score (nSPS) is 18.7. The molecule has 108 valence electrons. The van der Waals surface area contributed by atoms with Gasteiger partial charge in [0.1, 0.15) is 11.9 Å². The maximum absolute atomic E-state index is 13.5. The second kappa shape index (κ2) is 6.32. The highest BCUT2D eigenvalue weighted by Gasteiger charge is 2.32. The summed E-state index contributed by atoms with van der Waals surface area (Å²) in [6.07, 6.45) is 0. The van der Waals surface area contributed by atoms with Gasteiger partial charge in [0.15, 0.2) is 0 Å². The van der Waals surface area contributed by atoms with E-state index in [1.54, 1.807) is 0 Å². The molecule has 8 heteroatoms. The van der Waals surface area contributed by atoms with E-state index in [1.165, 1.54) is 28.8 Å². The minimum Gasteiger partial charge on any atom is -0.480 e. The fraction of sp³-hybridized carbons (Fsp3) is 0.333. The van der Waals surface area contributed by atoms with Crippen LogP contribution in [0.25, 0.3) is 0 Å². The molecule has 0 bridgehead atoms. The maximum atomic E-state index is 13.5. The van der Waals surface area contributed by atoms with Crippen molar-refractivity contribution in [2.75, 3.05) is 23.4 Å². The van der Waals surface area contributed by atoms with Crippen molar-refractivity contribution in [3.63, 3.8) is 0 Å². The van der Waals surface area contributed by atoms with E-state index in [0.717, 1.165) is 6.07 Å². The molecule has 5 nitrogen and oxygen atoms in total. The monoisotopic (exact) mass is 318 g/mol. The Hall–Kier alpha value is -1.47. The van der Waals surface area contributed by atoms with Crippen molar-refractivity contribution in [2.24, 2.45) is 0 Å². The molecule has 0 saturated carbocycles. The Bertz CT molecular complexity index is 543. The zero-order chi connectivity index (χ0) is 14.7. The molecule has 0 aromatic heterocycles. The summed E-state index contributed by atoms with van der Waals surface area (Å²) in [6.45, 7) is 0.301. The third kappa shape index (κ3) is 3.34. The van der Waals surface area contributed by atoms with Crippen LogP contribution in [0.15, 0.2) is 18.2 Å². The molecule has 2 N–H and O–H groups in total. The number of carboxylic acids is 1. The Labute approximate surface area is 124 Å². The van der Waals surface area contributed by atoms with Crippen molar-refractivity contribution in [1.82, 2.24) is 4.90 Å². The van der Waals surface area contributed by atoms with Crippen molar-refractivity contribution < 1.29 is 19.1 Å². The second-order valence-corrected chi connectivity index (χ2v) is 5.76. The summed E-state index contributed by atoms with van der Waals surface area (Å²) in [6, 6.07) is 2.24. The number of hydrogen-bond donors (Lipinski definition) is 2. The summed E-state index contributed by atoms with van der Waals surface area (Å²) in [7, 11) is 0. The van der Waals surface area contributed by atoms with Gasteiger partial charge in [-0.15, -0.1) is 0 Å². The zero-order valence-corrected chi connectivity index (χ0v) is 11.9. The first kappa shape index (κ1) is 14.9. The molecule has 1 aliphatic rings. The minimum atomic E-state index is -1.07. The van der Waals surface area contributed by atoms with Gasteiger partial charge in [0.05, 0.1) is 5.69 Å². The maximum Gasteiger partial charge on any atom is 0.327 e. The average molecular weight is 319 g/mol. The number of amides is 2. The molecular weight excluding hydrogens is 307 g/mol. The number of nitrogens with zero attached hydrogens (tertiary/aromatic N) is 1. The van der Waals surface area contributed by atoms with Crippen molar-refractivity contribution >= 4 is 41.1 Å². The van der Waals surface area contributed by atoms with E-state index in [9.17, 15) is 14.0 Å². The summed E-state index contributed by atoms with van der Waals surface area (Å²) < 4.78 is 13.5. The zero-order valence-electron chi connectivity index (χ0n) is 10.3. The van der Waals surface area contributed by atoms with Crippen LogP contribution in [0.5, 0.6) is 0 Å². The van der Waals surface area contributed by atoms with Crippen LogP contribution < -0.4 is 5.32 Å². The molecule has 20 heavy (non-hydrogen) atoms. The lowest BCUT2D eigenvalue weighted by molar-refractivity contribution is -0.141. The Morgan fingerprint density at radius 2 is 2.25 bits per heavy atom. The molecule has 0 radical (unpaired) electrons. The van der Waals surface area contributed by atoms with E-state index in [0.29, 0.717) is 18.1 Å². The summed E-state index contributed by atoms with van der Waals surface area (Å²) in [5.41, 5.74) is -0.0649. The predicted molar refractivity (Wildman–Crippen MR) is 75.9 cm³/mol. The number of anilines is 1. The molecule has 2 rings (SSSR count). The average Bonchev–Trinajstić information content (AvgIpc) is 2.42. The van der Waals surface area contributed by atoms with Gasteiger partial charge in [-0.1, -0.05) is 11.6 Å². The quantitative estimate of drug-likeness (QED) is 0.879. The summed E-state index contributed by atoms with van der Waals surface area (Å²) in [5.74, 6) is -0.726. The predicted octanol–water partition coefficient (Wildman–Crippen LogP) is 2.51. The van der Waals surface area contributed by atoms with Gasteiger partial charge in [0.2, 0.25) is 0 Å². The molecular formula is C12H12ClFN2O3S. The molecule has 1 aromatic rings. The van der Waals surface area contributed by atoms with Crippen LogP contribution in [-0.2, 0) is 4.79 Å². The summed E-state index contributed by atoms with van der Waals surface area (Å²) in [4.78, 5) is 24.4. The molecule has 1 atom stereocenters. The lowest BCUT2D eigenvalue weighted by Crippen LogP contribution is -2.51. The van der Waals surface area contributed by atoms with Crippen molar-refractivity contribution in [1.29, 1.82) is 0 Å². The van der Waals surface area contributed by atoms with Gasteiger partial charge in [-0.2, -0.15) is 11.8 Å². The van der Waals surface area contributed by atoms with E-state index in [-0.39, 0.29) is 10.7 Å². The number of aliphatic carboxylic acids is 1. The standard InChI is InChI=1S/C12H12ClFN2O3S/c13-7-1-2-8(14)9(5-7)15-12(19)16-3-4-20-6-10(16)11(17)18/h1-2,5,10H,3-4,6H2,(H,15,19)(H,17,18). The fourth-order valence-electron chi connectivity index (χ4n) is 1.83. The van der Waals surface area contributed by atoms with Crippen LogP contribution >= 0.6 is 23.4 Å². The molecule has 1 unspecified atom stereocenters. The highest BCUT2D eigenvalue weighted by Crippen LogP contribution is 2.22. The van der Waals surface area contributed by atoms with Crippen molar-refractivity contribution in [3.8, 4) is 0 Å². The van der Waals surface area contributed by atoms with Crippen molar-refractivity contribution in [3.05, 3.63) is 29.0 Å². The van der Waals surface area contributed by atoms with Gasteiger partial charge in [-0.05, 0) is 18.2 Å². The van der Waals surface area contributed by atoms with Gasteiger partial charge in [0.25, 0.3) is 0 Å². The van der Waals surface area contributed by atoms with E-state index >= 15 is 0 Å². The molecule has 2 amide bonds. The van der Waals surface area contributed by atoms with Gasteiger partial charge in [-0.3, -0.25) is 0 Å². The summed E-state index contributed by atoms with van der Waals surface area (Å²) in [5, 5.41) is 11.7. The van der Waals surface area contributed by atoms with E-state index < -0.39 is 23.9 Å². The molecule has 1 fully saturated rings. The first-order valence-corrected chi connectivity index (χ1v) is 7.35. The van der Waals surface area contributed by atoms with Gasteiger partial charge < -0.3 is 15.3 Å². The van der Waals surface area contributed by atoms with E-state index in [2.05, 4.69) is 5.32 Å². The van der Waals surface area contributed by atoms with Gasteiger partial charge in [0, 0.05) is 23.1 Å². The molecule has 1 aliphatic heterocycles. The van der Waals surface area contributed by atoms with Gasteiger partial charge in [-0.25, -0.2) is 14.0 Å². The third-order valence-corrected chi connectivity index (χ3v) is 4.10. The molecule has 1 heterocycles. The number of carbonyl (C=O) groups excluding carboxylic acids is 1. The molecule has 0 aliphatic carbocycles. The van der Waals surface area contributed by atoms with Crippen LogP contribution in [0.2, 0.25) is 5.02 Å². The first-order valence-electron chi connectivity index (χ1n) is 5.82. The van der Waals surface area contributed by atoms with E-state index in [1.807, 2.05) is 0 Å². The van der Waals surface area contributed by atoms with Crippen LogP contribution in [0, 0.1) is 5.82 Å². The van der Waals surface area contributed by atoms with Crippen LogP contribution in [0.4, 0.5) is 14.9 Å². The Morgan fingerprint density at radius 1 is 1.50 bits per heavy atom. The van der Waals surface area contributed by atoms with Crippen LogP contribution in [-0.4, -0.2) is 46.1 Å². The lowest BCUT2D eigenvalue weighted by atomic mass is 10.2. The summed E-state index contributed by atoms with van der Waals surface area (Å²) >= 11 is 7.20. The number of benzene rings is 1. The Morgan fingerprint density at radius 3 is 2.95 bits per heavy atom. The number of nitrogens with one attached hydrogen (secondary N) is 1.